The number of pyridine rings is 1. The fourth-order valence-corrected chi connectivity index (χ4v) is 5.74. The third-order valence-corrected chi connectivity index (χ3v) is 7.66. The fourth-order valence-electron chi connectivity index (χ4n) is 5.74. The average Bonchev–Trinajstić information content (AvgIpc) is 2.90. The van der Waals surface area contributed by atoms with Crippen LogP contribution in [0.3, 0.4) is 0 Å². The molecule has 0 radical (unpaired) electrons. The van der Waals surface area contributed by atoms with Gasteiger partial charge >= 0.3 is 0 Å². The van der Waals surface area contributed by atoms with Crippen molar-refractivity contribution in [2.45, 2.75) is 105 Å². The normalized spacial score (nSPS) is 25.7. The summed E-state index contributed by atoms with van der Waals surface area (Å²) < 4.78 is 0. The highest BCUT2D eigenvalue weighted by molar-refractivity contribution is 5.97. The molecular formula is C27H41NO2. The Morgan fingerprint density at radius 2 is 1.80 bits per heavy atom. The lowest BCUT2D eigenvalue weighted by Crippen LogP contribution is -2.22. The maximum absolute atomic E-state index is 13.4. The zero-order valence-corrected chi connectivity index (χ0v) is 19.6. The van der Waals surface area contributed by atoms with E-state index < -0.39 is 0 Å². The summed E-state index contributed by atoms with van der Waals surface area (Å²) >= 11 is 0. The van der Waals surface area contributed by atoms with Gasteiger partial charge in [0.15, 0.2) is 5.78 Å². The van der Waals surface area contributed by atoms with Gasteiger partial charge in [0.2, 0.25) is 0 Å². The van der Waals surface area contributed by atoms with Crippen LogP contribution in [0, 0.1) is 23.2 Å². The van der Waals surface area contributed by atoms with E-state index in [0.29, 0.717) is 23.7 Å². The molecule has 2 unspecified atom stereocenters. The summed E-state index contributed by atoms with van der Waals surface area (Å²) in [4.78, 5) is 29.8. The monoisotopic (exact) mass is 411 g/mol. The molecule has 30 heavy (non-hydrogen) atoms. The van der Waals surface area contributed by atoms with Crippen LogP contribution in [0.1, 0.15) is 114 Å². The van der Waals surface area contributed by atoms with Crippen molar-refractivity contribution in [2.24, 2.45) is 23.2 Å². The van der Waals surface area contributed by atoms with E-state index in [1.165, 1.54) is 43.4 Å². The highest BCUT2D eigenvalue weighted by Crippen LogP contribution is 2.36. The van der Waals surface area contributed by atoms with E-state index in [0.717, 1.165) is 44.1 Å². The first kappa shape index (κ1) is 23.2. The minimum Gasteiger partial charge on any atom is -0.300 e. The Labute approximate surface area is 183 Å². The van der Waals surface area contributed by atoms with E-state index in [9.17, 15) is 9.59 Å². The summed E-state index contributed by atoms with van der Waals surface area (Å²) in [5.74, 6) is 1.49. The number of fused-ring (bicyclic) bond motifs is 1. The van der Waals surface area contributed by atoms with Crippen LogP contribution in [0.2, 0.25) is 0 Å². The molecule has 0 aliphatic heterocycles. The molecule has 0 amide bonds. The molecule has 0 saturated heterocycles. The predicted molar refractivity (Wildman–Crippen MR) is 123 cm³/mol. The van der Waals surface area contributed by atoms with Crippen LogP contribution in [0.5, 0.6) is 0 Å². The zero-order valence-electron chi connectivity index (χ0n) is 19.6. The van der Waals surface area contributed by atoms with Gasteiger partial charge in [-0.1, -0.05) is 40.0 Å². The molecule has 0 aromatic carbocycles. The van der Waals surface area contributed by atoms with Gasteiger partial charge in [0.25, 0.3) is 0 Å². The average molecular weight is 412 g/mol. The number of aryl methyl sites for hydroxylation is 2. The number of carbonyl (C=O) groups excluding carboxylic acids is 2. The Balaban J connectivity index is 1.73. The lowest BCUT2D eigenvalue weighted by Gasteiger charge is -2.24. The van der Waals surface area contributed by atoms with Crippen molar-refractivity contribution >= 4 is 11.6 Å². The van der Waals surface area contributed by atoms with Gasteiger partial charge in [-0.15, -0.1) is 0 Å². The number of hydrogen-bond donors (Lipinski definition) is 0. The van der Waals surface area contributed by atoms with E-state index in [1.807, 2.05) is 6.20 Å². The minimum absolute atomic E-state index is 0.0852. The maximum atomic E-state index is 13.4. The summed E-state index contributed by atoms with van der Waals surface area (Å²) in [6, 6.07) is 2.17. The molecule has 2 aliphatic rings. The predicted octanol–water partition coefficient (Wildman–Crippen LogP) is 6.76. The summed E-state index contributed by atoms with van der Waals surface area (Å²) in [6.07, 6.45) is 14.7. The Morgan fingerprint density at radius 3 is 2.53 bits per heavy atom. The van der Waals surface area contributed by atoms with E-state index in [-0.39, 0.29) is 17.5 Å². The lowest BCUT2D eigenvalue weighted by atomic mass is 9.79. The Kier molecular flexibility index (Phi) is 7.87. The number of carbonyl (C=O) groups is 2. The van der Waals surface area contributed by atoms with E-state index >= 15 is 0 Å². The van der Waals surface area contributed by atoms with Crippen LogP contribution in [-0.2, 0) is 17.6 Å². The first-order chi connectivity index (χ1) is 14.2. The molecule has 3 atom stereocenters. The third-order valence-electron chi connectivity index (χ3n) is 7.66. The number of hydrogen-bond acceptors (Lipinski definition) is 3. The first-order valence-corrected chi connectivity index (χ1v) is 12.3. The van der Waals surface area contributed by atoms with E-state index in [2.05, 4.69) is 26.8 Å². The van der Waals surface area contributed by atoms with Crippen LogP contribution in [0.15, 0.2) is 12.3 Å². The van der Waals surface area contributed by atoms with Crippen LogP contribution in [0.25, 0.3) is 0 Å². The summed E-state index contributed by atoms with van der Waals surface area (Å²) in [7, 11) is 0. The second kappa shape index (κ2) is 10.2. The molecule has 3 rings (SSSR count). The van der Waals surface area contributed by atoms with Crippen LogP contribution >= 0.6 is 0 Å². The van der Waals surface area contributed by atoms with Gasteiger partial charge in [0.1, 0.15) is 5.78 Å². The van der Waals surface area contributed by atoms with Crippen LogP contribution in [0.4, 0.5) is 0 Å². The van der Waals surface area contributed by atoms with Gasteiger partial charge in [-0.3, -0.25) is 9.78 Å². The molecule has 1 heterocycles. The summed E-state index contributed by atoms with van der Waals surface area (Å²) in [5.41, 5.74) is 3.73. The van der Waals surface area contributed by atoms with Gasteiger partial charge in [0, 0.05) is 29.8 Å². The molecule has 1 aromatic rings. The molecule has 0 spiro atoms. The van der Waals surface area contributed by atoms with Gasteiger partial charge in [-0.25, -0.2) is 0 Å². The highest BCUT2D eigenvalue weighted by Gasteiger charge is 2.30. The largest absolute Gasteiger partial charge is 0.300 e. The number of Topliss-reactive ketones (excluding diaryl/α,β-unsaturated/α-hetero) is 2. The molecule has 1 aromatic heterocycles. The van der Waals surface area contributed by atoms with Crippen molar-refractivity contribution in [1.82, 2.24) is 4.98 Å². The van der Waals surface area contributed by atoms with E-state index in [1.54, 1.807) is 6.92 Å². The van der Waals surface area contributed by atoms with Crippen molar-refractivity contribution in [3.63, 3.8) is 0 Å². The Morgan fingerprint density at radius 1 is 1.10 bits per heavy atom. The van der Waals surface area contributed by atoms with Crippen molar-refractivity contribution in [3.05, 3.63) is 29.1 Å². The smallest absolute Gasteiger partial charge is 0.167 e. The molecule has 0 N–H and O–H groups in total. The van der Waals surface area contributed by atoms with Crippen molar-refractivity contribution < 1.29 is 9.59 Å². The maximum Gasteiger partial charge on any atom is 0.167 e. The SMILES string of the molecule is CC(=O)CC(C)[C@H]1CCCCC(C(=O)c2cnc3c(c2)CCCC(C)(C)CCC3)C1. The van der Waals surface area contributed by atoms with Crippen molar-refractivity contribution in [1.29, 1.82) is 0 Å². The van der Waals surface area contributed by atoms with Crippen molar-refractivity contribution in [2.75, 3.05) is 0 Å². The Bertz CT molecular complexity index is 751. The second-order valence-corrected chi connectivity index (χ2v) is 10.9. The number of aromatic nitrogens is 1. The van der Waals surface area contributed by atoms with Gasteiger partial charge in [-0.05, 0) is 87.2 Å². The summed E-state index contributed by atoms with van der Waals surface area (Å²) in [6.45, 7) is 8.63. The molecule has 2 aliphatic carbocycles. The standard InChI is InChI=1S/C27H41NO2/c1-19(15-20(2)29)21-9-5-6-10-23(16-21)26(30)24-17-22-11-7-13-27(3,4)14-8-12-25(22)28-18-24/h17-19,21,23H,5-16H2,1-4H3/t19?,21-,23?/m0/s1. The number of ketones is 2. The van der Waals surface area contributed by atoms with E-state index in [4.69, 9.17) is 4.98 Å². The van der Waals surface area contributed by atoms with Gasteiger partial charge in [0.05, 0.1) is 0 Å². The number of rotatable bonds is 5. The van der Waals surface area contributed by atoms with Gasteiger partial charge in [-0.2, -0.15) is 0 Å². The van der Waals surface area contributed by atoms with Crippen LogP contribution < -0.4 is 0 Å². The van der Waals surface area contributed by atoms with Gasteiger partial charge < -0.3 is 4.79 Å². The molecule has 1 saturated carbocycles. The first-order valence-electron chi connectivity index (χ1n) is 12.3. The minimum atomic E-state index is 0.0852. The van der Waals surface area contributed by atoms with Crippen LogP contribution in [-0.4, -0.2) is 16.6 Å². The highest BCUT2D eigenvalue weighted by atomic mass is 16.1. The molecule has 3 nitrogen and oxygen atoms in total. The van der Waals surface area contributed by atoms with Crippen molar-refractivity contribution in [3.8, 4) is 0 Å². The molecule has 0 bridgehead atoms. The summed E-state index contributed by atoms with van der Waals surface area (Å²) in [5, 5.41) is 0. The fraction of sp³-hybridized carbons (Fsp3) is 0.741. The number of nitrogens with zero attached hydrogens (tertiary/aromatic N) is 1. The molecule has 1 fully saturated rings. The third kappa shape index (κ3) is 6.25. The second-order valence-electron chi connectivity index (χ2n) is 10.9. The Hall–Kier alpha value is -1.51. The topological polar surface area (TPSA) is 47.0 Å². The quantitative estimate of drug-likeness (QED) is 0.397. The molecular weight excluding hydrogens is 370 g/mol. The molecule has 166 valence electrons. The zero-order chi connectivity index (χ0) is 21.7. The molecule has 3 heteroatoms. The lowest BCUT2D eigenvalue weighted by molar-refractivity contribution is -0.118.